The standard InChI is InChI=1S/C11H14O2.ClH/c1-2-6-10(11(12)13)9-7-4-3-5-8-9;/h3-5,7-8,10H,2,6H2,1H3,(H,12,13);1H. The van der Waals surface area contributed by atoms with Crippen molar-refractivity contribution in [3.8, 4) is 0 Å². The van der Waals surface area contributed by atoms with E-state index in [1.165, 1.54) is 0 Å². The van der Waals surface area contributed by atoms with Gasteiger partial charge in [-0.2, -0.15) is 0 Å². The van der Waals surface area contributed by atoms with Crippen LogP contribution in [0.15, 0.2) is 30.3 Å². The largest absolute Gasteiger partial charge is 0.481 e. The molecule has 0 saturated carbocycles. The summed E-state index contributed by atoms with van der Waals surface area (Å²) in [5.41, 5.74) is 0.900. The molecule has 1 atom stereocenters. The van der Waals surface area contributed by atoms with Crippen molar-refractivity contribution in [1.82, 2.24) is 0 Å². The Balaban J connectivity index is 0.00000169. The van der Waals surface area contributed by atoms with Gasteiger partial charge >= 0.3 is 5.97 Å². The highest BCUT2D eigenvalue weighted by Gasteiger charge is 2.17. The number of hydrogen-bond acceptors (Lipinski definition) is 1. The number of carbonyl (C=O) groups is 1. The van der Waals surface area contributed by atoms with E-state index in [0.717, 1.165) is 12.0 Å². The van der Waals surface area contributed by atoms with Crippen LogP contribution in [0, 0.1) is 0 Å². The molecular weight excluding hydrogens is 200 g/mol. The smallest absolute Gasteiger partial charge is 0.310 e. The Hall–Kier alpha value is -1.02. The number of carboxylic acid groups (broad SMARTS) is 1. The maximum absolute atomic E-state index is 10.9. The SMILES string of the molecule is CCCC(C(=O)O)c1ccccc1.Cl. The molecular formula is C11H15ClO2. The van der Waals surface area contributed by atoms with Crippen LogP contribution < -0.4 is 0 Å². The molecule has 0 aliphatic heterocycles. The van der Waals surface area contributed by atoms with E-state index in [2.05, 4.69) is 0 Å². The fourth-order valence-electron chi connectivity index (χ4n) is 1.41. The van der Waals surface area contributed by atoms with E-state index in [1.54, 1.807) is 0 Å². The van der Waals surface area contributed by atoms with E-state index in [4.69, 9.17) is 5.11 Å². The minimum absolute atomic E-state index is 0. The Morgan fingerprint density at radius 2 is 1.93 bits per heavy atom. The highest BCUT2D eigenvalue weighted by atomic mass is 35.5. The van der Waals surface area contributed by atoms with E-state index in [9.17, 15) is 4.79 Å². The number of rotatable bonds is 4. The van der Waals surface area contributed by atoms with Crippen molar-refractivity contribution < 1.29 is 9.90 Å². The molecule has 0 spiro atoms. The maximum atomic E-state index is 10.9. The number of hydrogen-bond donors (Lipinski definition) is 1. The summed E-state index contributed by atoms with van der Waals surface area (Å²) in [7, 11) is 0. The number of benzene rings is 1. The summed E-state index contributed by atoms with van der Waals surface area (Å²) in [6, 6.07) is 9.39. The Morgan fingerprint density at radius 3 is 2.36 bits per heavy atom. The maximum Gasteiger partial charge on any atom is 0.310 e. The van der Waals surface area contributed by atoms with Crippen molar-refractivity contribution in [2.75, 3.05) is 0 Å². The molecule has 1 aromatic carbocycles. The minimum atomic E-state index is -0.729. The first-order valence-electron chi connectivity index (χ1n) is 4.53. The van der Waals surface area contributed by atoms with Gasteiger partial charge in [0.2, 0.25) is 0 Å². The van der Waals surface area contributed by atoms with E-state index >= 15 is 0 Å². The molecule has 0 amide bonds. The van der Waals surface area contributed by atoms with Gasteiger partial charge < -0.3 is 5.11 Å². The van der Waals surface area contributed by atoms with Crippen LogP contribution in [-0.2, 0) is 4.79 Å². The minimum Gasteiger partial charge on any atom is -0.481 e. The Labute approximate surface area is 90.4 Å². The summed E-state index contributed by atoms with van der Waals surface area (Å²) < 4.78 is 0. The molecule has 0 aliphatic rings. The highest BCUT2D eigenvalue weighted by molar-refractivity contribution is 5.85. The fraction of sp³-hybridized carbons (Fsp3) is 0.364. The van der Waals surface area contributed by atoms with E-state index in [1.807, 2.05) is 37.3 Å². The Bertz CT molecular complexity index is 272. The fourth-order valence-corrected chi connectivity index (χ4v) is 1.41. The van der Waals surface area contributed by atoms with Gasteiger partial charge in [-0.15, -0.1) is 12.4 Å². The van der Waals surface area contributed by atoms with Crippen molar-refractivity contribution in [1.29, 1.82) is 0 Å². The molecule has 0 aliphatic carbocycles. The lowest BCUT2D eigenvalue weighted by molar-refractivity contribution is -0.139. The number of aliphatic carboxylic acids is 1. The van der Waals surface area contributed by atoms with Gasteiger partial charge in [0.05, 0.1) is 5.92 Å². The first kappa shape index (κ1) is 13.0. The molecule has 3 heteroatoms. The zero-order valence-electron chi connectivity index (χ0n) is 8.14. The zero-order valence-corrected chi connectivity index (χ0v) is 8.96. The average molecular weight is 215 g/mol. The van der Waals surface area contributed by atoms with Gasteiger partial charge in [-0.25, -0.2) is 0 Å². The Kier molecular flexibility index (Phi) is 5.97. The predicted octanol–water partition coefficient (Wildman–Crippen LogP) is 3.08. The molecule has 0 radical (unpaired) electrons. The van der Waals surface area contributed by atoms with Crippen LogP contribution in [-0.4, -0.2) is 11.1 Å². The van der Waals surface area contributed by atoms with Gasteiger partial charge in [-0.1, -0.05) is 43.7 Å². The molecule has 0 saturated heterocycles. The summed E-state index contributed by atoms with van der Waals surface area (Å²) in [6.45, 7) is 2.00. The lowest BCUT2D eigenvalue weighted by atomic mass is 9.95. The van der Waals surface area contributed by atoms with Gasteiger partial charge in [-0.05, 0) is 12.0 Å². The highest BCUT2D eigenvalue weighted by Crippen LogP contribution is 2.20. The van der Waals surface area contributed by atoms with Crippen molar-refractivity contribution in [3.05, 3.63) is 35.9 Å². The van der Waals surface area contributed by atoms with E-state index in [-0.39, 0.29) is 18.3 Å². The summed E-state index contributed by atoms with van der Waals surface area (Å²) in [6.07, 6.45) is 1.60. The predicted molar refractivity (Wildman–Crippen MR) is 59.0 cm³/mol. The zero-order chi connectivity index (χ0) is 9.68. The normalized spacial score (nSPS) is 11.5. The molecule has 1 rings (SSSR count). The molecule has 0 heterocycles. The van der Waals surface area contributed by atoms with Crippen LogP contribution in [0.5, 0.6) is 0 Å². The van der Waals surface area contributed by atoms with Crippen LogP contribution in [0.1, 0.15) is 31.2 Å². The summed E-state index contributed by atoms with van der Waals surface area (Å²) in [4.78, 5) is 10.9. The lowest BCUT2D eigenvalue weighted by Gasteiger charge is -2.10. The Morgan fingerprint density at radius 1 is 1.36 bits per heavy atom. The van der Waals surface area contributed by atoms with Gasteiger partial charge in [0.25, 0.3) is 0 Å². The molecule has 2 nitrogen and oxygen atoms in total. The third-order valence-electron chi connectivity index (χ3n) is 2.08. The van der Waals surface area contributed by atoms with Crippen LogP contribution in [0.3, 0.4) is 0 Å². The molecule has 1 aromatic rings. The summed E-state index contributed by atoms with van der Waals surface area (Å²) in [5, 5.41) is 8.96. The third-order valence-corrected chi connectivity index (χ3v) is 2.08. The summed E-state index contributed by atoms with van der Waals surface area (Å²) >= 11 is 0. The number of carboxylic acids is 1. The topological polar surface area (TPSA) is 37.3 Å². The number of halogens is 1. The second-order valence-corrected chi connectivity index (χ2v) is 3.09. The first-order valence-corrected chi connectivity index (χ1v) is 4.53. The van der Waals surface area contributed by atoms with Crippen molar-refractivity contribution in [2.24, 2.45) is 0 Å². The molecule has 78 valence electrons. The van der Waals surface area contributed by atoms with Crippen molar-refractivity contribution in [2.45, 2.75) is 25.7 Å². The van der Waals surface area contributed by atoms with Crippen molar-refractivity contribution >= 4 is 18.4 Å². The van der Waals surface area contributed by atoms with E-state index in [0.29, 0.717) is 6.42 Å². The second kappa shape index (κ2) is 6.44. The average Bonchev–Trinajstić information content (AvgIpc) is 2.15. The third kappa shape index (κ3) is 3.38. The second-order valence-electron chi connectivity index (χ2n) is 3.09. The van der Waals surface area contributed by atoms with Gasteiger partial charge in [0, 0.05) is 0 Å². The first-order chi connectivity index (χ1) is 6.25. The molecule has 1 unspecified atom stereocenters. The van der Waals surface area contributed by atoms with E-state index < -0.39 is 5.97 Å². The van der Waals surface area contributed by atoms with Crippen LogP contribution in [0.25, 0.3) is 0 Å². The van der Waals surface area contributed by atoms with Gasteiger partial charge in [0.15, 0.2) is 0 Å². The van der Waals surface area contributed by atoms with Crippen LogP contribution >= 0.6 is 12.4 Å². The van der Waals surface area contributed by atoms with Crippen LogP contribution in [0.4, 0.5) is 0 Å². The molecule has 0 bridgehead atoms. The lowest BCUT2D eigenvalue weighted by Crippen LogP contribution is -2.10. The molecule has 1 N–H and O–H groups in total. The van der Waals surface area contributed by atoms with Crippen LogP contribution in [0.2, 0.25) is 0 Å². The monoisotopic (exact) mass is 214 g/mol. The molecule has 14 heavy (non-hydrogen) atoms. The van der Waals surface area contributed by atoms with Crippen molar-refractivity contribution in [3.63, 3.8) is 0 Å². The quantitative estimate of drug-likeness (QED) is 0.837. The van der Waals surface area contributed by atoms with Gasteiger partial charge in [0.1, 0.15) is 0 Å². The molecule has 0 aromatic heterocycles. The van der Waals surface area contributed by atoms with Gasteiger partial charge in [-0.3, -0.25) is 4.79 Å². The molecule has 0 fully saturated rings. The summed E-state index contributed by atoms with van der Waals surface area (Å²) in [5.74, 6) is -1.07.